The quantitative estimate of drug-likeness (QED) is 0.344. The van der Waals surface area contributed by atoms with Crippen molar-refractivity contribution in [3.05, 3.63) is 35.9 Å². The van der Waals surface area contributed by atoms with Gasteiger partial charge in [-0.25, -0.2) is 4.79 Å². The van der Waals surface area contributed by atoms with E-state index in [1.807, 2.05) is 39.3 Å². The maximum absolute atomic E-state index is 12.4. The first-order chi connectivity index (χ1) is 13.8. The van der Waals surface area contributed by atoms with Crippen LogP contribution in [0.1, 0.15) is 23.2 Å². The van der Waals surface area contributed by atoms with Crippen LogP contribution in [0.15, 0.2) is 30.3 Å². The second-order valence-corrected chi connectivity index (χ2v) is 18.3. The number of carboxylic acid groups (broad SMARTS) is 1. The molecule has 7 nitrogen and oxygen atoms in total. The normalized spacial score (nSPS) is 15.3. The minimum Gasteiger partial charge on any atom is -0.481 e. The predicted molar refractivity (Wildman–Crippen MR) is 121 cm³/mol. The van der Waals surface area contributed by atoms with E-state index in [4.69, 9.17) is 13.6 Å². The van der Waals surface area contributed by atoms with Crippen LogP contribution in [-0.2, 0) is 18.4 Å². The van der Waals surface area contributed by atoms with Crippen molar-refractivity contribution in [3.63, 3.8) is 0 Å². The van der Waals surface area contributed by atoms with Gasteiger partial charge in [-0.1, -0.05) is 18.2 Å². The van der Waals surface area contributed by atoms with Gasteiger partial charge in [0.1, 0.15) is 6.61 Å². The van der Waals surface area contributed by atoms with Gasteiger partial charge in [0.05, 0.1) is 24.2 Å². The lowest BCUT2D eigenvalue weighted by atomic mass is 9.91. The van der Waals surface area contributed by atoms with Gasteiger partial charge < -0.3 is 23.8 Å². The molecule has 0 saturated carbocycles. The predicted octanol–water partition coefficient (Wildman–Crippen LogP) is 3.76. The summed E-state index contributed by atoms with van der Waals surface area (Å²) in [6.45, 7) is 12.3. The van der Waals surface area contributed by atoms with Gasteiger partial charge in [-0.2, -0.15) is 0 Å². The fourth-order valence-corrected chi connectivity index (χ4v) is 4.81. The van der Waals surface area contributed by atoms with E-state index in [9.17, 15) is 19.8 Å². The SMILES string of the molecule is C[Si](C)(C)OCC[C@H](O)[C@H](CC(=O)O)[C@@H](COC(=O)c1ccccc1)O[Si](C)(C)C. The molecule has 0 aromatic heterocycles. The van der Waals surface area contributed by atoms with Crippen molar-refractivity contribution in [2.45, 2.75) is 64.3 Å². The van der Waals surface area contributed by atoms with Crippen molar-refractivity contribution in [2.75, 3.05) is 13.2 Å². The Bertz CT molecular complexity index is 668. The lowest BCUT2D eigenvalue weighted by Gasteiger charge is -2.34. The molecule has 0 saturated heterocycles. The number of ether oxygens (including phenoxy) is 1. The van der Waals surface area contributed by atoms with E-state index in [2.05, 4.69) is 0 Å². The van der Waals surface area contributed by atoms with Crippen molar-refractivity contribution < 1.29 is 33.4 Å². The van der Waals surface area contributed by atoms with Crippen LogP contribution in [0.25, 0.3) is 0 Å². The fraction of sp³-hybridized carbons (Fsp3) is 0.619. The van der Waals surface area contributed by atoms with Crippen LogP contribution in [0.5, 0.6) is 0 Å². The molecule has 0 amide bonds. The Labute approximate surface area is 181 Å². The molecule has 3 atom stereocenters. The van der Waals surface area contributed by atoms with Crippen LogP contribution < -0.4 is 0 Å². The second-order valence-electron chi connectivity index (χ2n) is 9.31. The van der Waals surface area contributed by atoms with Crippen molar-refractivity contribution in [1.82, 2.24) is 0 Å². The molecule has 30 heavy (non-hydrogen) atoms. The van der Waals surface area contributed by atoms with Crippen molar-refractivity contribution in [2.24, 2.45) is 5.92 Å². The molecular weight excluding hydrogens is 420 g/mol. The summed E-state index contributed by atoms with van der Waals surface area (Å²) in [6.07, 6.45) is -1.66. The Morgan fingerprint density at radius 2 is 1.60 bits per heavy atom. The molecule has 0 fully saturated rings. The zero-order valence-electron chi connectivity index (χ0n) is 18.9. The smallest absolute Gasteiger partial charge is 0.338 e. The Hall–Kier alpha value is -1.53. The number of aliphatic hydroxyl groups excluding tert-OH is 1. The number of hydrogen-bond donors (Lipinski definition) is 2. The van der Waals surface area contributed by atoms with Crippen LogP contribution in [0.3, 0.4) is 0 Å². The Morgan fingerprint density at radius 3 is 2.10 bits per heavy atom. The largest absolute Gasteiger partial charge is 0.481 e. The Kier molecular flexibility index (Phi) is 10.4. The van der Waals surface area contributed by atoms with E-state index >= 15 is 0 Å². The van der Waals surface area contributed by atoms with Gasteiger partial charge in [-0.15, -0.1) is 0 Å². The van der Waals surface area contributed by atoms with Crippen molar-refractivity contribution in [3.8, 4) is 0 Å². The summed E-state index contributed by atoms with van der Waals surface area (Å²) >= 11 is 0. The number of rotatable bonds is 13. The maximum atomic E-state index is 12.4. The molecule has 0 spiro atoms. The number of benzene rings is 1. The highest BCUT2D eigenvalue weighted by Gasteiger charge is 2.35. The number of esters is 1. The van der Waals surface area contributed by atoms with Crippen LogP contribution in [0, 0.1) is 5.92 Å². The minimum absolute atomic E-state index is 0.123. The van der Waals surface area contributed by atoms with Crippen LogP contribution >= 0.6 is 0 Å². The lowest BCUT2D eigenvalue weighted by molar-refractivity contribution is -0.141. The van der Waals surface area contributed by atoms with E-state index in [1.165, 1.54) is 0 Å². The molecule has 0 aliphatic carbocycles. The molecule has 0 radical (unpaired) electrons. The molecule has 0 unspecified atom stereocenters. The molecule has 0 bridgehead atoms. The second kappa shape index (κ2) is 11.8. The number of aliphatic carboxylic acids is 1. The van der Waals surface area contributed by atoms with Gasteiger partial charge in [0.15, 0.2) is 16.6 Å². The summed E-state index contributed by atoms with van der Waals surface area (Å²) < 4.78 is 17.4. The van der Waals surface area contributed by atoms with Gasteiger partial charge in [0.25, 0.3) is 0 Å². The highest BCUT2D eigenvalue weighted by atomic mass is 28.4. The van der Waals surface area contributed by atoms with Crippen LogP contribution in [-0.4, -0.2) is 64.2 Å². The summed E-state index contributed by atoms with van der Waals surface area (Å²) in [4.78, 5) is 23.8. The molecule has 1 aromatic carbocycles. The van der Waals surface area contributed by atoms with Crippen LogP contribution in [0.4, 0.5) is 0 Å². The first kappa shape index (κ1) is 26.5. The topological polar surface area (TPSA) is 102 Å². The highest BCUT2D eigenvalue weighted by Crippen LogP contribution is 2.24. The van der Waals surface area contributed by atoms with Gasteiger partial charge in [0, 0.05) is 12.5 Å². The van der Waals surface area contributed by atoms with Crippen molar-refractivity contribution >= 4 is 28.6 Å². The Balaban J connectivity index is 2.93. The number of hydrogen-bond acceptors (Lipinski definition) is 6. The third-order valence-corrected chi connectivity index (χ3v) is 6.30. The molecule has 1 aromatic rings. The fourth-order valence-electron chi connectivity index (χ4n) is 2.93. The monoisotopic (exact) mass is 456 g/mol. The zero-order valence-corrected chi connectivity index (χ0v) is 20.9. The average Bonchev–Trinajstić information content (AvgIpc) is 2.61. The summed E-state index contributed by atoms with van der Waals surface area (Å²) in [5.74, 6) is -2.27. The van der Waals surface area contributed by atoms with Crippen LogP contribution in [0.2, 0.25) is 39.3 Å². The van der Waals surface area contributed by atoms with E-state index in [-0.39, 0.29) is 13.0 Å². The number of carbonyl (C=O) groups is 2. The molecule has 2 N–H and O–H groups in total. The molecule has 9 heteroatoms. The van der Waals surface area contributed by atoms with Crippen molar-refractivity contribution in [1.29, 1.82) is 0 Å². The summed E-state index contributed by atoms with van der Waals surface area (Å²) in [5, 5.41) is 20.2. The lowest BCUT2D eigenvalue weighted by Crippen LogP contribution is -2.45. The first-order valence-corrected chi connectivity index (χ1v) is 17.0. The zero-order chi connectivity index (χ0) is 22.9. The Morgan fingerprint density at radius 1 is 1.00 bits per heavy atom. The first-order valence-electron chi connectivity index (χ1n) is 10.2. The van der Waals surface area contributed by atoms with E-state index < -0.39 is 46.7 Å². The summed E-state index contributed by atoms with van der Waals surface area (Å²) in [5.41, 5.74) is 0.406. The third kappa shape index (κ3) is 11.0. The van der Waals surface area contributed by atoms with E-state index in [0.29, 0.717) is 18.6 Å². The van der Waals surface area contributed by atoms with E-state index in [0.717, 1.165) is 0 Å². The number of carbonyl (C=O) groups excluding carboxylic acids is 1. The molecular formula is C21H36O7Si2. The van der Waals surface area contributed by atoms with Gasteiger partial charge >= 0.3 is 11.9 Å². The molecule has 0 aliphatic heterocycles. The molecule has 0 heterocycles. The maximum Gasteiger partial charge on any atom is 0.338 e. The molecule has 170 valence electrons. The molecule has 1 rings (SSSR count). The number of carboxylic acids is 1. The van der Waals surface area contributed by atoms with Gasteiger partial charge in [-0.05, 0) is 57.8 Å². The average molecular weight is 457 g/mol. The van der Waals surface area contributed by atoms with Gasteiger partial charge in [-0.3, -0.25) is 4.79 Å². The summed E-state index contributed by atoms with van der Waals surface area (Å²) in [7, 11) is -3.86. The number of aliphatic hydroxyl groups is 1. The third-order valence-electron chi connectivity index (χ3n) is 4.22. The minimum atomic E-state index is -2.11. The van der Waals surface area contributed by atoms with E-state index in [1.54, 1.807) is 30.3 Å². The van der Waals surface area contributed by atoms with Gasteiger partial charge in [0.2, 0.25) is 0 Å². The standard InChI is InChI=1S/C21H36O7Si2/c1-29(2,3)27-13-12-18(22)17(14-20(23)24)19(28-30(4,5)6)15-26-21(25)16-10-8-7-9-11-16/h7-11,17-19,22H,12-15H2,1-6H3,(H,23,24)/t17-,18-,19+/m0/s1. The molecule has 0 aliphatic rings. The highest BCUT2D eigenvalue weighted by molar-refractivity contribution is 6.70. The summed E-state index contributed by atoms with van der Waals surface area (Å²) in [6, 6.07) is 8.57.